The summed E-state index contributed by atoms with van der Waals surface area (Å²) >= 11 is 10.9. The van der Waals surface area contributed by atoms with E-state index in [4.69, 9.17) is 9.72 Å². The van der Waals surface area contributed by atoms with Crippen molar-refractivity contribution in [3.05, 3.63) is 98.5 Å². The maximum absolute atomic E-state index is 13.5. The molecule has 7 rings (SSSR count). The quantitative estimate of drug-likeness (QED) is 0.0492. The molecule has 6 atom stereocenters. The summed E-state index contributed by atoms with van der Waals surface area (Å²) in [7, 11) is 0. The van der Waals surface area contributed by atoms with Crippen molar-refractivity contribution in [2.24, 2.45) is 23.7 Å². The Morgan fingerprint density at radius 1 is 0.913 bits per heavy atom. The van der Waals surface area contributed by atoms with Gasteiger partial charge >= 0.3 is 5.97 Å². The Bertz CT molecular complexity index is 1940. The van der Waals surface area contributed by atoms with Crippen LogP contribution in [0, 0.1) is 33.8 Å². The number of carbonyl (C=O) groups is 4. The van der Waals surface area contributed by atoms with Crippen LogP contribution in [-0.2, 0) is 14.3 Å². The Balaban J connectivity index is 1.14. The van der Waals surface area contributed by atoms with E-state index in [2.05, 4.69) is 47.8 Å². The fraction of sp³-hybridized carbons (Fsp3) is 0.242. The van der Waals surface area contributed by atoms with Gasteiger partial charge in [0.1, 0.15) is 0 Å². The van der Waals surface area contributed by atoms with Crippen LogP contribution in [0.3, 0.4) is 0 Å². The largest absolute Gasteiger partial charge is 0.454 e. The number of nitrogens with zero attached hydrogens (tertiary/aromatic N) is 3. The van der Waals surface area contributed by atoms with Gasteiger partial charge in [-0.15, -0.1) is 0 Å². The monoisotopic (exact) mass is 809 g/mol. The van der Waals surface area contributed by atoms with Crippen LogP contribution in [-0.4, -0.2) is 49.7 Å². The van der Waals surface area contributed by atoms with E-state index in [0.29, 0.717) is 32.3 Å². The number of hydrogen-bond donors (Lipinski definition) is 0. The van der Waals surface area contributed by atoms with E-state index in [1.165, 1.54) is 29.2 Å². The van der Waals surface area contributed by atoms with E-state index in [-0.39, 0.29) is 62.0 Å². The molecule has 232 valence electrons. The zero-order valence-corrected chi connectivity index (χ0v) is 28.4. The number of nitro benzene ring substituents is 1. The number of Topliss-reactive ketones (excluding diaryl/α,β-unsaturated/α-hetero) is 1. The zero-order chi connectivity index (χ0) is 32.4. The number of rotatable bonds is 7. The number of aromatic nitrogens is 1. The second kappa shape index (κ2) is 11.8. The summed E-state index contributed by atoms with van der Waals surface area (Å²) in [5.74, 6) is -2.00. The van der Waals surface area contributed by atoms with Crippen LogP contribution in [0.4, 0.5) is 11.4 Å². The highest BCUT2D eigenvalue weighted by molar-refractivity contribution is 9.12. The molecule has 0 radical (unpaired) electrons. The van der Waals surface area contributed by atoms with Crippen LogP contribution in [0.25, 0.3) is 22.2 Å². The average Bonchev–Trinajstić information content (AvgIpc) is 3.67. The molecule has 4 aromatic rings. The highest BCUT2D eigenvalue weighted by Gasteiger charge is 2.66. The van der Waals surface area contributed by atoms with Crippen molar-refractivity contribution in [3.8, 4) is 11.3 Å². The van der Waals surface area contributed by atoms with Crippen LogP contribution in [0.2, 0.25) is 0 Å². The Kier molecular flexibility index (Phi) is 7.89. The fourth-order valence-electron chi connectivity index (χ4n) is 6.96. The van der Waals surface area contributed by atoms with Crippen LogP contribution in [0.5, 0.6) is 0 Å². The first-order valence-corrected chi connectivity index (χ1v) is 17.0. The molecule has 13 heteroatoms. The molecule has 3 aliphatic rings. The smallest absolute Gasteiger partial charge is 0.339 e. The Labute approximate surface area is 287 Å². The van der Waals surface area contributed by atoms with Gasteiger partial charge in [-0.1, -0.05) is 59.9 Å². The number of pyridine rings is 1. The van der Waals surface area contributed by atoms with Crippen molar-refractivity contribution >= 4 is 93.6 Å². The minimum absolute atomic E-state index is 0.115. The minimum Gasteiger partial charge on any atom is -0.454 e. The van der Waals surface area contributed by atoms with Crippen molar-refractivity contribution in [2.45, 2.75) is 16.1 Å². The molecule has 3 fully saturated rings. The highest BCUT2D eigenvalue weighted by Crippen LogP contribution is 2.60. The van der Waals surface area contributed by atoms with Crippen molar-refractivity contribution in [2.75, 3.05) is 11.5 Å². The van der Waals surface area contributed by atoms with E-state index < -0.39 is 23.3 Å². The van der Waals surface area contributed by atoms with Gasteiger partial charge in [0.25, 0.3) is 5.69 Å². The number of amides is 2. The summed E-state index contributed by atoms with van der Waals surface area (Å²) in [4.78, 5) is 69.7. The minimum atomic E-state index is -0.747. The molecule has 2 amide bonds. The van der Waals surface area contributed by atoms with Gasteiger partial charge in [-0.2, -0.15) is 0 Å². The first-order chi connectivity index (χ1) is 22.0. The summed E-state index contributed by atoms with van der Waals surface area (Å²) in [6, 6.07) is 18.8. The van der Waals surface area contributed by atoms with E-state index in [9.17, 15) is 29.3 Å². The van der Waals surface area contributed by atoms with Crippen molar-refractivity contribution in [3.63, 3.8) is 0 Å². The molecular weight excluding hydrogens is 790 g/mol. The molecule has 1 aromatic heterocycles. The first-order valence-electron chi connectivity index (χ1n) is 14.3. The summed E-state index contributed by atoms with van der Waals surface area (Å²) in [5.41, 5.74) is 2.30. The van der Waals surface area contributed by atoms with Gasteiger partial charge < -0.3 is 4.74 Å². The first kappa shape index (κ1) is 30.8. The third-order valence-corrected chi connectivity index (χ3v) is 12.8. The number of carbonyl (C=O) groups excluding carboxylic acids is 4. The third-order valence-electron chi connectivity index (χ3n) is 9.13. The third kappa shape index (κ3) is 5.08. The molecule has 1 aliphatic heterocycles. The van der Waals surface area contributed by atoms with Gasteiger partial charge in [-0.3, -0.25) is 29.4 Å². The van der Waals surface area contributed by atoms with E-state index in [1.54, 1.807) is 48.5 Å². The van der Waals surface area contributed by atoms with Gasteiger partial charge in [-0.05, 0) is 66.8 Å². The average molecular weight is 812 g/mol. The maximum Gasteiger partial charge on any atom is 0.339 e. The Morgan fingerprint density at radius 2 is 1.54 bits per heavy atom. The number of esters is 1. The Morgan fingerprint density at radius 3 is 2.15 bits per heavy atom. The Hall–Kier alpha value is -3.81. The number of halogens is 3. The number of ether oxygens (including phenoxy) is 1. The molecule has 1 saturated heterocycles. The second-order valence-corrected chi connectivity index (χ2v) is 14.6. The number of ketones is 1. The SMILES string of the molecule is O=C(COC(=O)c1cc(-c2ccc(N3C(=O)C4C5CC(C(Br)C5Br)C4C3=O)cc2)nc2ccc(Br)cc12)c1ccc([N+](=O)[O-])cc1. The molecular formula is C33H22Br3N3O7. The normalized spacial score (nSPS) is 24.8. The van der Waals surface area contributed by atoms with Crippen molar-refractivity contribution < 1.29 is 28.8 Å². The lowest BCUT2D eigenvalue weighted by Gasteiger charge is -2.28. The molecule has 2 saturated carbocycles. The van der Waals surface area contributed by atoms with Gasteiger partial charge in [0.15, 0.2) is 12.4 Å². The summed E-state index contributed by atoms with van der Waals surface area (Å²) < 4.78 is 6.10. The van der Waals surface area contributed by atoms with Crippen LogP contribution in [0.15, 0.2) is 77.3 Å². The van der Waals surface area contributed by atoms with Gasteiger partial charge in [0.05, 0.1) is 39.2 Å². The van der Waals surface area contributed by atoms with Gasteiger partial charge in [-0.25, -0.2) is 9.78 Å². The molecule has 2 bridgehead atoms. The summed E-state index contributed by atoms with van der Waals surface area (Å²) in [5, 5.41) is 11.4. The molecule has 3 aromatic carbocycles. The summed E-state index contributed by atoms with van der Waals surface area (Å²) in [6.07, 6.45) is 0.853. The van der Waals surface area contributed by atoms with Crippen LogP contribution < -0.4 is 4.90 Å². The number of nitro groups is 1. The van der Waals surface area contributed by atoms with E-state index >= 15 is 0 Å². The molecule has 0 spiro atoms. The lowest BCUT2D eigenvalue weighted by atomic mass is 9.81. The van der Waals surface area contributed by atoms with Crippen molar-refractivity contribution in [1.29, 1.82) is 0 Å². The molecule has 0 N–H and O–H groups in total. The highest BCUT2D eigenvalue weighted by atomic mass is 79.9. The molecule has 2 aliphatic carbocycles. The van der Waals surface area contributed by atoms with Crippen LogP contribution >= 0.6 is 47.8 Å². The van der Waals surface area contributed by atoms with E-state index in [0.717, 1.165) is 6.42 Å². The van der Waals surface area contributed by atoms with Gasteiger partial charge in [0, 0.05) is 42.8 Å². The number of non-ortho nitro benzene ring substituents is 1. The van der Waals surface area contributed by atoms with Crippen molar-refractivity contribution in [1.82, 2.24) is 4.98 Å². The standard InChI is InChI=1S/C33H22Br3N3O7/c34-17-5-10-24-20(11-17)21(33(43)46-14-26(40)16-3-8-19(9-4-16)39(44)45)13-25(37-24)15-1-6-18(7-2-15)38-31(41)27-22-12-23(28(27)32(38)42)30(36)29(22)35/h1-11,13,22-23,27-30H,12,14H2. The zero-order valence-electron chi connectivity index (χ0n) is 23.6. The van der Waals surface area contributed by atoms with Gasteiger partial charge in [0.2, 0.25) is 11.8 Å². The molecule has 2 heterocycles. The predicted octanol–water partition coefficient (Wildman–Crippen LogP) is 6.89. The summed E-state index contributed by atoms with van der Waals surface area (Å²) in [6.45, 7) is -0.564. The molecule has 46 heavy (non-hydrogen) atoms. The number of anilines is 1. The number of hydrogen-bond acceptors (Lipinski definition) is 8. The lowest BCUT2D eigenvalue weighted by molar-refractivity contribution is -0.384. The number of alkyl halides is 2. The number of imide groups is 1. The second-order valence-electron chi connectivity index (χ2n) is 11.6. The molecule has 6 unspecified atom stereocenters. The maximum atomic E-state index is 13.5. The van der Waals surface area contributed by atoms with Crippen LogP contribution in [0.1, 0.15) is 27.1 Å². The molecule has 10 nitrogen and oxygen atoms in total. The number of fused-ring (bicyclic) bond motifs is 6. The van der Waals surface area contributed by atoms with E-state index in [1.807, 2.05) is 0 Å². The predicted molar refractivity (Wildman–Crippen MR) is 179 cm³/mol. The topological polar surface area (TPSA) is 137 Å². The number of benzene rings is 3. The lowest BCUT2D eigenvalue weighted by Crippen LogP contribution is -2.37. The fourth-order valence-corrected chi connectivity index (χ4v) is 9.20.